The highest BCUT2D eigenvalue weighted by atomic mass is 79.9. The monoisotopic (exact) mass is 621 g/mol. The number of amides is 1. The van der Waals surface area contributed by atoms with Crippen LogP contribution in [0.4, 0.5) is 4.79 Å². The number of carbonyl (C=O) groups is 1. The van der Waals surface area contributed by atoms with E-state index in [1.54, 1.807) is 4.90 Å². The van der Waals surface area contributed by atoms with Crippen LogP contribution in [0.2, 0.25) is 25.7 Å². The lowest BCUT2D eigenvalue weighted by Crippen LogP contribution is -2.38. The second kappa shape index (κ2) is 12.8. The Labute approximate surface area is 242 Å². The Balaban J connectivity index is 1.77. The van der Waals surface area contributed by atoms with Crippen LogP contribution in [-0.2, 0) is 32.3 Å². The molecule has 8 nitrogen and oxygen atoms in total. The lowest BCUT2D eigenvalue weighted by atomic mass is 10.1. The van der Waals surface area contributed by atoms with Crippen molar-refractivity contribution in [3.05, 3.63) is 40.3 Å². The summed E-state index contributed by atoms with van der Waals surface area (Å²) in [7, 11) is -1.25. The summed E-state index contributed by atoms with van der Waals surface area (Å²) in [5.41, 5.74) is 2.23. The van der Waals surface area contributed by atoms with Gasteiger partial charge in [0.05, 0.1) is 36.7 Å². The molecular formula is C29H44BrN3O5Si. The van der Waals surface area contributed by atoms with Gasteiger partial charge in [-0.3, -0.25) is 4.90 Å². The molecule has 4 bridgehead atoms. The normalized spacial score (nSPS) is 20.7. The predicted molar refractivity (Wildman–Crippen MR) is 158 cm³/mol. The average Bonchev–Trinajstić information content (AvgIpc) is 3.41. The van der Waals surface area contributed by atoms with Gasteiger partial charge >= 0.3 is 6.09 Å². The Bertz CT molecular complexity index is 1110. The zero-order valence-corrected chi connectivity index (χ0v) is 26.9. The van der Waals surface area contributed by atoms with E-state index in [1.807, 2.05) is 32.9 Å². The SMILES string of the molecule is CC(C)(C)OC(=O)N1CC2CC1c1nc(-c3ccc(Br)cc3)c(n1COCC[Si](C)(C)C)COCCCCO2. The molecule has 4 rings (SSSR count). The van der Waals surface area contributed by atoms with Crippen molar-refractivity contribution in [2.75, 3.05) is 26.4 Å². The van der Waals surface area contributed by atoms with Gasteiger partial charge in [-0.25, -0.2) is 9.78 Å². The van der Waals surface area contributed by atoms with Crippen LogP contribution in [0.5, 0.6) is 0 Å². The van der Waals surface area contributed by atoms with Crippen LogP contribution in [0.15, 0.2) is 28.7 Å². The summed E-state index contributed by atoms with van der Waals surface area (Å²) in [4.78, 5) is 20.4. The largest absolute Gasteiger partial charge is 0.444 e. The molecule has 3 heterocycles. The van der Waals surface area contributed by atoms with Crippen molar-refractivity contribution in [3.8, 4) is 11.3 Å². The van der Waals surface area contributed by atoms with Gasteiger partial charge in [-0.05, 0) is 51.8 Å². The van der Waals surface area contributed by atoms with Crippen molar-refractivity contribution in [1.82, 2.24) is 14.5 Å². The van der Waals surface area contributed by atoms with Gasteiger partial charge in [-0.2, -0.15) is 0 Å². The lowest BCUT2D eigenvalue weighted by Gasteiger charge is -2.28. The van der Waals surface area contributed by atoms with Crippen LogP contribution < -0.4 is 0 Å². The topological polar surface area (TPSA) is 75.1 Å². The smallest absolute Gasteiger partial charge is 0.411 e. The quantitative estimate of drug-likeness (QED) is 0.255. The Morgan fingerprint density at radius 1 is 1.15 bits per heavy atom. The molecule has 0 radical (unpaired) electrons. The number of fused-ring (bicyclic) bond motifs is 5. The lowest BCUT2D eigenvalue weighted by molar-refractivity contribution is 0.0137. The zero-order chi connectivity index (χ0) is 28.2. The second-order valence-corrected chi connectivity index (χ2v) is 19.2. The van der Waals surface area contributed by atoms with Gasteiger partial charge in [0, 0.05) is 44.4 Å². The molecular weight excluding hydrogens is 578 g/mol. The van der Waals surface area contributed by atoms with Crippen LogP contribution in [-0.4, -0.2) is 66.7 Å². The molecule has 1 aromatic carbocycles. The van der Waals surface area contributed by atoms with Gasteiger partial charge < -0.3 is 23.5 Å². The number of hydrogen-bond donors (Lipinski definition) is 0. The summed E-state index contributed by atoms with van der Waals surface area (Å²) in [6.07, 6.45) is 2.06. The van der Waals surface area contributed by atoms with Gasteiger partial charge in [0.1, 0.15) is 18.2 Å². The minimum Gasteiger partial charge on any atom is -0.444 e. The third kappa shape index (κ3) is 8.39. The Morgan fingerprint density at radius 3 is 2.56 bits per heavy atom. The van der Waals surface area contributed by atoms with Crippen molar-refractivity contribution in [2.24, 2.45) is 0 Å². The van der Waals surface area contributed by atoms with E-state index in [4.69, 9.17) is 23.9 Å². The first-order chi connectivity index (χ1) is 18.4. The number of nitrogens with zero attached hydrogens (tertiary/aromatic N) is 3. The van der Waals surface area contributed by atoms with E-state index in [0.29, 0.717) is 46.1 Å². The molecule has 2 atom stereocenters. The molecule has 2 unspecified atom stereocenters. The number of carbonyl (C=O) groups excluding carboxylic acids is 1. The first-order valence-electron chi connectivity index (χ1n) is 14.0. The van der Waals surface area contributed by atoms with Crippen LogP contribution in [0, 0.1) is 0 Å². The number of rotatable bonds is 6. The minimum absolute atomic E-state index is 0.0817. The highest BCUT2D eigenvalue weighted by Gasteiger charge is 2.42. The van der Waals surface area contributed by atoms with Gasteiger partial charge in [0.2, 0.25) is 0 Å². The van der Waals surface area contributed by atoms with Crippen LogP contribution in [0.1, 0.15) is 57.6 Å². The third-order valence-electron chi connectivity index (χ3n) is 6.90. The summed E-state index contributed by atoms with van der Waals surface area (Å²) in [6.45, 7) is 16.0. The molecule has 0 spiro atoms. The molecule has 1 amide bonds. The maximum absolute atomic E-state index is 13.4. The van der Waals surface area contributed by atoms with Crippen molar-refractivity contribution >= 4 is 30.1 Å². The van der Waals surface area contributed by atoms with Gasteiger partial charge in [0.25, 0.3) is 0 Å². The standard InChI is InChI=1S/C29H44BrN3O5Si/c1-29(2,3)38-28(34)32-18-23-17-24(32)27-31-26(21-9-11-22(30)12-10-21)25(19-35-13-7-8-14-37-23)33(27)20-36-15-16-39(4,5)6/h9-12,23-24H,7-8,13-20H2,1-6H3. The molecule has 2 aliphatic rings. The molecule has 0 aliphatic carbocycles. The van der Waals surface area contributed by atoms with E-state index in [9.17, 15) is 4.79 Å². The molecule has 10 heteroatoms. The van der Waals surface area contributed by atoms with E-state index in [0.717, 1.165) is 46.1 Å². The average molecular weight is 623 g/mol. The van der Waals surface area contributed by atoms with Gasteiger partial charge in [-0.15, -0.1) is 0 Å². The van der Waals surface area contributed by atoms with Crippen molar-refractivity contribution in [2.45, 2.75) is 96.8 Å². The summed E-state index contributed by atoms with van der Waals surface area (Å²) < 4.78 is 27.7. The van der Waals surface area contributed by atoms with Crippen LogP contribution >= 0.6 is 15.9 Å². The maximum Gasteiger partial charge on any atom is 0.411 e. The van der Waals surface area contributed by atoms with Gasteiger partial charge in [-0.1, -0.05) is 47.7 Å². The molecule has 216 valence electrons. The van der Waals surface area contributed by atoms with Crippen molar-refractivity contribution < 1.29 is 23.7 Å². The highest BCUT2D eigenvalue weighted by molar-refractivity contribution is 9.10. The fourth-order valence-electron chi connectivity index (χ4n) is 4.83. The number of ether oxygens (including phenoxy) is 4. The van der Waals surface area contributed by atoms with E-state index >= 15 is 0 Å². The molecule has 2 aromatic rings. The number of halogens is 1. The number of benzene rings is 1. The molecule has 1 aromatic heterocycles. The fourth-order valence-corrected chi connectivity index (χ4v) is 5.85. The first-order valence-corrected chi connectivity index (χ1v) is 18.5. The summed E-state index contributed by atoms with van der Waals surface area (Å²) in [6, 6.07) is 8.94. The second-order valence-electron chi connectivity index (χ2n) is 12.7. The first kappa shape index (κ1) is 30.2. The number of likely N-dealkylation sites (tertiary alicyclic amines) is 1. The minimum atomic E-state index is -1.25. The maximum atomic E-state index is 13.4. The van der Waals surface area contributed by atoms with E-state index in [2.05, 4.69) is 52.3 Å². The molecule has 0 saturated carbocycles. The molecule has 1 saturated heterocycles. The molecule has 1 fully saturated rings. The Hall–Kier alpha value is -1.72. The van der Waals surface area contributed by atoms with E-state index < -0.39 is 13.7 Å². The molecule has 39 heavy (non-hydrogen) atoms. The Kier molecular flexibility index (Phi) is 9.96. The summed E-state index contributed by atoms with van der Waals surface area (Å²) in [5, 5.41) is 0. The van der Waals surface area contributed by atoms with Crippen LogP contribution in [0.25, 0.3) is 11.3 Å². The predicted octanol–water partition coefficient (Wildman–Crippen LogP) is 7.00. The number of hydrogen-bond acceptors (Lipinski definition) is 6. The van der Waals surface area contributed by atoms with E-state index in [-0.39, 0.29) is 18.2 Å². The van der Waals surface area contributed by atoms with Crippen LogP contribution in [0.3, 0.4) is 0 Å². The zero-order valence-electron chi connectivity index (χ0n) is 24.3. The highest BCUT2D eigenvalue weighted by Crippen LogP contribution is 2.38. The number of imidazole rings is 1. The van der Waals surface area contributed by atoms with E-state index in [1.165, 1.54) is 0 Å². The Morgan fingerprint density at radius 2 is 1.87 bits per heavy atom. The van der Waals surface area contributed by atoms with Crippen molar-refractivity contribution in [3.63, 3.8) is 0 Å². The molecule has 2 aliphatic heterocycles. The summed E-state index contributed by atoms with van der Waals surface area (Å²) >= 11 is 3.55. The number of aromatic nitrogens is 2. The summed E-state index contributed by atoms with van der Waals surface area (Å²) in [5.74, 6) is 0.788. The third-order valence-corrected chi connectivity index (χ3v) is 9.13. The fraction of sp³-hybridized carbons (Fsp3) is 0.655. The van der Waals surface area contributed by atoms with Crippen molar-refractivity contribution in [1.29, 1.82) is 0 Å². The van der Waals surface area contributed by atoms with Gasteiger partial charge in [0.15, 0.2) is 0 Å². The molecule has 0 N–H and O–H groups in total.